The summed E-state index contributed by atoms with van der Waals surface area (Å²) in [6, 6.07) is 0. The second-order valence-corrected chi connectivity index (χ2v) is 14.2. The van der Waals surface area contributed by atoms with Crippen LogP contribution in [-0.4, -0.2) is 120 Å². The summed E-state index contributed by atoms with van der Waals surface area (Å²) in [6.45, 7) is 0. The van der Waals surface area contributed by atoms with Crippen molar-refractivity contribution in [1.82, 2.24) is 0 Å². The Morgan fingerprint density at radius 1 is 0.344 bits per heavy atom. The third-order valence-corrected chi connectivity index (χ3v) is 9.41. The highest BCUT2D eigenvalue weighted by molar-refractivity contribution is 6.36. The van der Waals surface area contributed by atoms with Crippen LogP contribution in [-0.2, 0) is 13.3 Å². The summed E-state index contributed by atoms with van der Waals surface area (Å²) < 4.78 is 442. The van der Waals surface area contributed by atoms with Crippen LogP contribution in [0, 0.1) is 0 Å². The quantitative estimate of drug-likeness (QED) is 0.0674. The number of hydrogen-bond donors (Lipinski definition) is 0. The molecule has 0 fully saturated rings. The van der Waals surface area contributed by atoms with Gasteiger partial charge in [-0.05, 0) is 38.5 Å². The van der Waals surface area contributed by atoms with E-state index < -0.39 is 177 Å². The van der Waals surface area contributed by atoms with Crippen molar-refractivity contribution in [2.24, 2.45) is 0 Å². The summed E-state index contributed by atoms with van der Waals surface area (Å²) in [6.07, 6.45) is -56.6. The Kier molecular flexibility index (Phi) is 18.2. The highest BCUT2D eigenvalue weighted by Gasteiger charge is 3.02. The van der Waals surface area contributed by atoms with Crippen LogP contribution in [0.4, 0.5) is 132 Å². The summed E-state index contributed by atoms with van der Waals surface area (Å²) >= 11 is 0. The first-order chi connectivity index (χ1) is 26.6. The summed E-state index contributed by atoms with van der Waals surface area (Å²) in [7, 11) is -6.80. The van der Waals surface area contributed by atoms with Gasteiger partial charge in [-0.2, -0.15) is 119 Å². The molecule has 0 saturated heterocycles. The van der Waals surface area contributed by atoms with Crippen molar-refractivity contribution in [3.05, 3.63) is 0 Å². The molecular weight excluding hydrogens is 970 g/mol. The van der Waals surface area contributed by atoms with Crippen LogP contribution in [0.5, 0.6) is 0 Å². The van der Waals surface area contributed by atoms with Gasteiger partial charge < -0.3 is 13.3 Å². The van der Waals surface area contributed by atoms with Crippen molar-refractivity contribution in [1.29, 1.82) is 0 Å². The minimum Gasteiger partial charge on any atom is -0.375 e. The normalized spacial score (nSPS) is 18.0. The zero-order valence-electron chi connectivity index (χ0n) is 29.7. The lowest BCUT2D eigenvalue weighted by Crippen LogP contribution is -2.87. The van der Waals surface area contributed by atoms with E-state index in [4.69, 9.17) is 0 Å². The Labute approximate surface area is 323 Å². The van der Waals surface area contributed by atoms with E-state index in [1.807, 2.05) is 0 Å². The Morgan fingerprint density at radius 2 is 0.541 bits per heavy atom. The lowest BCUT2D eigenvalue weighted by molar-refractivity contribution is -0.489. The minimum atomic E-state index is -9.62. The molecule has 0 aliphatic rings. The topological polar surface area (TPSA) is 27.7 Å². The van der Waals surface area contributed by atoms with Crippen LogP contribution in [0.3, 0.4) is 0 Å². The van der Waals surface area contributed by atoms with Crippen molar-refractivity contribution < 1.29 is 145 Å². The first-order valence-electron chi connectivity index (χ1n) is 15.8. The average molecular weight is 998 g/mol. The molecule has 0 bridgehead atoms. The summed E-state index contributed by atoms with van der Waals surface area (Å²) in [5.41, 5.74) is -9.50. The molecule has 0 spiro atoms. The van der Waals surface area contributed by atoms with Gasteiger partial charge in [-0.3, -0.25) is 0 Å². The van der Waals surface area contributed by atoms with E-state index in [0.29, 0.717) is 0 Å². The number of rotatable bonds is 25. The molecule has 0 aliphatic heterocycles. The Morgan fingerprint density at radius 3 is 0.705 bits per heavy atom. The molecule has 0 rings (SSSR count). The molecule has 0 aromatic heterocycles. The summed E-state index contributed by atoms with van der Waals surface area (Å²) in [4.78, 5) is 0. The Bertz CT molecular complexity index is 1220. The average Bonchev–Trinajstić information content (AvgIpc) is 3.05. The lowest BCUT2D eigenvalue weighted by atomic mass is 9.70. The fourth-order valence-electron chi connectivity index (χ4n) is 4.95. The van der Waals surface area contributed by atoms with E-state index >= 15 is 52.7 Å². The van der Waals surface area contributed by atoms with Crippen LogP contribution in [0.15, 0.2) is 0 Å². The molecule has 3 unspecified atom stereocenters. The molecule has 0 saturated carbocycles. The van der Waals surface area contributed by atoms with Gasteiger partial charge in [0.2, 0.25) is 0 Å². The molecule has 0 aromatic carbocycles. The molecule has 0 heterocycles. The van der Waals surface area contributed by atoms with Gasteiger partial charge in [0.05, 0.1) is 0 Å². The third kappa shape index (κ3) is 11.3. The lowest BCUT2D eigenvalue weighted by Gasteiger charge is -2.55. The van der Waals surface area contributed by atoms with E-state index in [9.17, 15) is 79.0 Å². The summed E-state index contributed by atoms with van der Waals surface area (Å²) in [5.74, 6) is -80.3. The van der Waals surface area contributed by atoms with Crippen LogP contribution in [0.25, 0.3) is 0 Å². The number of halogens is 30. The van der Waals surface area contributed by atoms with Gasteiger partial charge in [-0.1, -0.05) is 0 Å². The molecule has 0 amide bonds. The Balaban J connectivity index is 8.80. The molecule has 61 heavy (non-hydrogen) atoms. The van der Waals surface area contributed by atoms with Crippen LogP contribution in [0.2, 0.25) is 0 Å². The molecule has 0 N–H and O–H groups in total. The van der Waals surface area contributed by atoms with Crippen molar-refractivity contribution >= 4 is 9.53 Å². The first-order valence-corrected chi connectivity index (χ1v) is 17.0. The predicted octanol–water partition coefficient (Wildman–Crippen LogP) is 12.9. The van der Waals surface area contributed by atoms with Crippen molar-refractivity contribution in [3.8, 4) is 0 Å². The maximum Gasteiger partial charge on any atom is 0.578 e. The molecule has 1 radical (unpaired) electrons. The molecule has 367 valence electrons. The highest BCUT2D eigenvalue weighted by atomic mass is 28.3. The third-order valence-electron chi connectivity index (χ3n) is 8.27. The predicted molar refractivity (Wildman–Crippen MR) is 143 cm³/mol. The molecule has 3 nitrogen and oxygen atoms in total. The van der Waals surface area contributed by atoms with Crippen molar-refractivity contribution in [2.45, 2.75) is 154 Å². The second kappa shape index (κ2) is 18.8. The first kappa shape index (κ1) is 59.0. The molecule has 0 aliphatic carbocycles. The van der Waals surface area contributed by atoms with E-state index in [-0.39, 0.29) is 0 Å². The molecule has 0 aromatic rings. The summed E-state index contributed by atoms with van der Waals surface area (Å²) in [5, 5.41) is 0. The van der Waals surface area contributed by atoms with Crippen molar-refractivity contribution in [3.63, 3.8) is 0 Å². The van der Waals surface area contributed by atoms with E-state index in [0.717, 1.165) is 0 Å². The van der Waals surface area contributed by atoms with Crippen LogP contribution in [0.1, 0.15) is 57.8 Å². The zero-order chi connectivity index (χ0) is 49.3. The van der Waals surface area contributed by atoms with Gasteiger partial charge in [-0.25, -0.2) is 13.2 Å². The highest BCUT2D eigenvalue weighted by Crippen LogP contribution is 2.70. The standard InChI is InChI=1S/C27H27F30O3Si/c1-58-61(59-2)60-21(25(52,53)22(46,47)18(40,41)12(28)6-3-9-15(31,32)33,26(54,55)23(48,49)19(42,43)13(29)7-4-10-16(34,35)36)27(56,57)24(50,51)20(44,45)14(30)8-5-11-17(37,38)39/h12-14H,3-11H2,1-2H3. The number of alkyl halides is 30. The molecule has 34 heteroatoms. The Hall–Kier alpha value is -2.00. The van der Waals surface area contributed by atoms with Gasteiger partial charge in [0.25, 0.3) is 5.60 Å². The molecule has 3 atom stereocenters. The maximum absolute atomic E-state index is 16.1. The SMILES string of the molecule is CO[Si](OC)OC(C(F)(F)C(F)(F)C(F)(F)C(F)CCCC(F)(F)F)(C(F)(F)C(F)(F)C(F)(F)C(F)CCCC(F)(F)F)C(F)(F)C(F)(F)C(F)(F)C(F)CCCC(F)(F)F. The van der Waals surface area contributed by atoms with Crippen molar-refractivity contribution in [2.75, 3.05) is 14.2 Å². The fraction of sp³-hybridized carbons (Fsp3) is 1.00. The monoisotopic (exact) mass is 997 g/mol. The van der Waals surface area contributed by atoms with Crippen LogP contribution < -0.4 is 0 Å². The van der Waals surface area contributed by atoms with E-state index in [1.165, 1.54) is 0 Å². The maximum atomic E-state index is 16.1. The molecular formula is C27H27F30O3Si. The fourth-order valence-corrected chi connectivity index (χ4v) is 5.91. The minimum absolute atomic E-state index is 0.391. The van der Waals surface area contributed by atoms with E-state index in [1.54, 1.807) is 0 Å². The van der Waals surface area contributed by atoms with Crippen LogP contribution >= 0.6 is 0 Å². The van der Waals surface area contributed by atoms with Gasteiger partial charge in [0.15, 0.2) is 18.5 Å². The van der Waals surface area contributed by atoms with Gasteiger partial charge in [-0.15, -0.1) is 0 Å². The smallest absolute Gasteiger partial charge is 0.375 e. The van der Waals surface area contributed by atoms with Gasteiger partial charge >= 0.3 is 81.4 Å². The number of hydrogen-bond acceptors (Lipinski definition) is 3. The van der Waals surface area contributed by atoms with E-state index in [2.05, 4.69) is 13.3 Å². The van der Waals surface area contributed by atoms with Gasteiger partial charge in [0, 0.05) is 33.5 Å². The zero-order valence-corrected chi connectivity index (χ0v) is 30.7. The largest absolute Gasteiger partial charge is 0.578 e. The van der Waals surface area contributed by atoms with Gasteiger partial charge in [0.1, 0.15) is 0 Å². The second-order valence-electron chi connectivity index (χ2n) is 12.7.